The van der Waals surface area contributed by atoms with Crippen molar-refractivity contribution in [2.75, 3.05) is 39.2 Å². The van der Waals surface area contributed by atoms with Crippen molar-refractivity contribution in [3.8, 4) is 0 Å². The molecule has 0 saturated heterocycles. The van der Waals surface area contributed by atoms with Crippen molar-refractivity contribution in [2.24, 2.45) is 0 Å². The minimum Gasteiger partial charge on any atom is -0.386 e. The van der Waals surface area contributed by atoms with Crippen LogP contribution in [0.4, 0.5) is 0 Å². The summed E-state index contributed by atoms with van der Waals surface area (Å²) in [6.07, 6.45) is 5.14. The van der Waals surface area contributed by atoms with Crippen LogP contribution in [-0.2, 0) is 0 Å². The summed E-state index contributed by atoms with van der Waals surface area (Å²) in [7, 11) is 6.36. The molecule has 0 aliphatic rings. The van der Waals surface area contributed by atoms with Crippen molar-refractivity contribution in [1.82, 2.24) is 0 Å². The first-order valence-corrected chi connectivity index (χ1v) is 7.17. The first-order chi connectivity index (χ1) is 6.95. The van der Waals surface area contributed by atoms with E-state index in [1.165, 1.54) is 31.4 Å². The van der Waals surface area contributed by atoms with E-state index in [2.05, 4.69) is 28.1 Å². The summed E-state index contributed by atoms with van der Waals surface area (Å²) >= 11 is 1.89. The number of nitrogens with zero attached hydrogens (tertiary/aromatic N) is 1. The van der Waals surface area contributed by atoms with Crippen molar-refractivity contribution in [3.63, 3.8) is 0 Å². The molecular weight excluding hydrogens is 206 g/mol. The molecule has 0 aromatic heterocycles. The molecule has 0 aromatic rings. The van der Waals surface area contributed by atoms with E-state index in [4.69, 9.17) is 0 Å². The van der Waals surface area contributed by atoms with Gasteiger partial charge in [0.05, 0.1) is 21.1 Å². The molecule has 2 nitrogen and oxygen atoms in total. The molecule has 0 spiro atoms. The summed E-state index contributed by atoms with van der Waals surface area (Å²) in [5.41, 5.74) is 0. The third-order valence-corrected chi connectivity index (χ3v) is 3.41. The summed E-state index contributed by atoms with van der Waals surface area (Å²) in [5.74, 6) is 2.09. The van der Waals surface area contributed by atoms with Gasteiger partial charge in [0.1, 0.15) is 12.6 Å². The molecule has 0 aliphatic carbocycles. The van der Waals surface area contributed by atoms with E-state index >= 15 is 0 Å². The molecular formula is C12H28NOS+. The molecule has 0 saturated carbocycles. The molecule has 0 amide bonds. The van der Waals surface area contributed by atoms with Crippen LogP contribution in [0.25, 0.3) is 0 Å². The van der Waals surface area contributed by atoms with Gasteiger partial charge in [-0.2, -0.15) is 11.8 Å². The Labute approximate surface area is 99.6 Å². The van der Waals surface area contributed by atoms with E-state index < -0.39 is 0 Å². The average molecular weight is 234 g/mol. The van der Waals surface area contributed by atoms with Gasteiger partial charge in [-0.05, 0) is 12.2 Å². The maximum Gasteiger partial charge on any atom is 0.112 e. The number of likely N-dealkylation sites (N-methyl/N-ethyl adjacent to an activating group) is 1. The molecule has 3 heteroatoms. The van der Waals surface area contributed by atoms with Crippen molar-refractivity contribution >= 4 is 11.8 Å². The van der Waals surface area contributed by atoms with Crippen molar-refractivity contribution in [3.05, 3.63) is 0 Å². The second-order valence-corrected chi connectivity index (χ2v) is 6.41. The minimum atomic E-state index is -0.152. The summed E-state index contributed by atoms with van der Waals surface area (Å²) in [6.45, 7) is 3.08. The zero-order chi connectivity index (χ0) is 11.7. The Balaban J connectivity index is 3.28. The molecule has 0 aromatic carbocycles. The van der Waals surface area contributed by atoms with Crippen molar-refractivity contribution in [1.29, 1.82) is 0 Å². The first-order valence-electron chi connectivity index (χ1n) is 6.02. The lowest BCUT2D eigenvalue weighted by Gasteiger charge is -2.26. The number of unbranched alkanes of at least 4 members (excludes halogenated alkanes) is 3. The van der Waals surface area contributed by atoms with E-state index in [0.29, 0.717) is 0 Å². The molecule has 1 N–H and O–H groups in total. The monoisotopic (exact) mass is 234 g/mol. The SMILES string of the molecule is CCCCCCSC[C@H](O)C[N+](C)(C)C. The molecule has 0 unspecified atom stereocenters. The van der Waals surface area contributed by atoms with Gasteiger partial charge in [0, 0.05) is 5.75 Å². The third kappa shape index (κ3) is 12.2. The van der Waals surface area contributed by atoms with Crippen molar-refractivity contribution < 1.29 is 9.59 Å². The van der Waals surface area contributed by atoms with Gasteiger partial charge in [-0.3, -0.25) is 0 Å². The predicted octanol–water partition coefficient (Wildman–Crippen LogP) is 2.37. The maximum atomic E-state index is 9.75. The molecule has 1 atom stereocenters. The van der Waals surface area contributed by atoms with E-state index in [0.717, 1.165) is 16.8 Å². The molecule has 0 bridgehead atoms. The topological polar surface area (TPSA) is 20.2 Å². The molecule has 0 radical (unpaired) electrons. The van der Waals surface area contributed by atoms with Crippen LogP contribution in [0.3, 0.4) is 0 Å². The number of hydrogen-bond donors (Lipinski definition) is 1. The minimum absolute atomic E-state index is 0.152. The standard InChI is InChI=1S/C12H28NOS/c1-5-6-7-8-9-15-11-12(14)10-13(2,3)4/h12,14H,5-11H2,1-4H3/q+1/t12-/m1/s1. The summed E-state index contributed by atoms with van der Waals surface area (Å²) < 4.78 is 0.845. The van der Waals surface area contributed by atoms with Gasteiger partial charge in [0.15, 0.2) is 0 Å². The van der Waals surface area contributed by atoms with Crippen LogP contribution in [0.15, 0.2) is 0 Å². The smallest absolute Gasteiger partial charge is 0.112 e. The highest BCUT2D eigenvalue weighted by molar-refractivity contribution is 7.99. The third-order valence-electron chi connectivity index (χ3n) is 2.21. The highest BCUT2D eigenvalue weighted by Gasteiger charge is 2.14. The van der Waals surface area contributed by atoms with Crippen LogP contribution in [0.5, 0.6) is 0 Å². The van der Waals surface area contributed by atoms with E-state index in [1.54, 1.807) is 0 Å². The zero-order valence-corrected chi connectivity index (χ0v) is 11.6. The van der Waals surface area contributed by atoms with Gasteiger partial charge in [0.2, 0.25) is 0 Å². The fourth-order valence-electron chi connectivity index (χ4n) is 1.54. The lowest BCUT2D eigenvalue weighted by Crippen LogP contribution is -2.42. The van der Waals surface area contributed by atoms with Crippen LogP contribution < -0.4 is 0 Å². The predicted molar refractivity (Wildman–Crippen MR) is 70.4 cm³/mol. The molecule has 0 rings (SSSR count). The second kappa shape index (κ2) is 8.43. The van der Waals surface area contributed by atoms with E-state index in [1.807, 2.05) is 11.8 Å². The maximum absolute atomic E-state index is 9.75. The number of aliphatic hydroxyl groups excluding tert-OH is 1. The first kappa shape index (κ1) is 15.3. The van der Waals surface area contributed by atoms with E-state index in [-0.39, 0.29) is 6.10 Å². The van der Waals surface area contributed by atoms with Crippen LogP contribution in [0.2, 0.25) is 0 Å². The number of thioether (sulfide) groups is 1. The number of quaternary nitrogens is 1. The van der Waals surface area contributed by atoms with Gasteiger partial charge in [-0.15, -0.1) is 0 Å². The van der Waals surface area contributed by atoms with Gasteiger partial charge < -0.3 is 9.59 Å². The fourth-order valence-corrected chi connectivity index (χ4v) is 2.49. The Bertz CT molecular complexity index is 145. The summed E-state index contributed by atoms with van der Waals surface area (Å²) in [6, 6.07) is 0. The van der Waals surface area contributed by atoms with Gasteiger partial charge >= 0.3 is 0 Å². The highest BCUT2D eigenvalue weighted by atomic mass is 32.2. The number of rotatable bonds is 9. The highest BCUT2D eigenvalue weighted by Crippen LogP contribution is 2.10. The van der Waals surface area contributed by atoms with Crippen LogP contribution in [0.1, 0.15) is 32.6 Å². The van der Waals surface area contributed by atoms with Gasteiger partial charge in [0.25, 0.3) is 0 Å². The van der Waals surface area contributed by atoms with Gasteiger partial charge in [-0.1, -0.05) is 26.2 Å². The number of hydrogen-bond acceptors (Lipinski definition) is 2. The molecule has 0 heterocycles. The van der Waals surface area contributed by atoms with Gasteiger partial charge in [-0.25, -0.2) is 0 Å². The normalized spacial score (nSPS) is 14.2. The Kier molecular flexibility index (Phi) is 8.58. The van der Waals surface area contributed by atoms with Crippen LogP contribution in [0, 0.1) is 0 Å². The molecule has 0 aliphatic heterocycles. The quantitative estimate of drug-likeness (QED) is 0.488. The largest absolute Gasteiger partial charge is 0.386 e. The van der Waals surface area contributed by atoms with Crippen molar-refractivity contribution in [2.45, 2.75) is 38.7 Å². The van der Waals surface area contributed by atoms with E-state index in [9.17, 15) is 5.11 Å². The van der Waals surface area contributed by atoms with Crippen LogP contribution in [-0.4, -0.2) is 54.9 Å². The lowest BCUT2D eigenvalue weighted by molar-refractivity contribution is -0.873. The Morgan fingerprint density at radius 2 is 1.80 bits per heavy atom. The fraction of sp³-hybridized carbons (Fsp3) is 1.00. The summed E-state index contributed by atoms with van der Waals surface area (Å²) in [5, 5.41) is 9.75. The Morgan fingerprint density at radius 3 is 2.33 bits per heavy atom. The average Bonchev–Trinajstić information content (AvgIpc) is 2.08. The molecule has 0 fully saturated rings. The summed E-state index contributed by atoms with van der Waals surface area (Å²) in [4.78, 5) is 0. The Morgan fingerprint density at radius 1 is 1.13 bits per heavy atom. The van der Waals surface area contributed by atoms with Crippen LogP contribution >= 0.6 is 11.8 Å². The second-order valence-electron chi connectivity index (χ2n) is 5.26. The zero-order valence-electron chi connectivity index (χ0n) is 10.8. The lowest BCUT2D eigenvalue weighted by atomic mass is 10.2. The molecule has 15 heavy (non-hydrogen) atoms. The molecule has 92 valence electrons. The Hall–Kier alpha value is 0.270. The number of aliphatic hydroxyl groups is 1.